The molecule has 0 heterocycles. The van der Waals surface area contributed by atoms with E-state index in [1.807, 2.05) is 0 Å². The lowest BCUT2D eigenvalue weighted by Gasteiger charge is -2.18. The summed E-state index contributed by atoms with van der Waals surface area (Å²) < 4.78 is 32.9. The van der Waals surface area contributed by atoms with Crippen LogP contribution in [-0.2, 0) is 10.0 Å². The van der Waals surface area contributed by atoms with Crippen molar-refractivity contribution in [2.75, 3.05) is 25.0 Å². The van der Waals surface area contributed by atoms with E-state index in [0.717, 1.165) is 0 Å². The molecule has 174 valence electrons. The predicted molar refractivity (Wildman–Crippen MR) is 135 cm³/mol. The first kappa shape index (κ1) is 26.2. The molecule has 0 saturated heterocycles. The zero-order valence-corrected chi connectivity index (χ0v) is 21.7. The molecule has 0 unspecified atom stereocenters. The van der Waals surface area contributed by atoms with Gasteiger partial charge >= 0.3 is 0 Å². The second-order valence-electron chi connectivity index (χ2n) is 7.37. The fourth-order valence-electron chi connectivity index (χ4n) is 2.78. The Bertz CT molecular complexity index is 1050. The first-order valence-corrected chi connectivity index (χ1v) is 12.9. The van der Waals surface area contributed by atoms with E-state index in [1.165, 1.54) is 16.4 Å². The number of amides is 1. The minimum Gasteiger partial charge on any atom is -0.492 e. The lowest BCUT2D eigenvalue weighted by molar-refractivity contribution is 0.0977. The highest BCUT2D eigenvalue weighted by molar-refractivity contribution is 9.10. The van der Waals surface area contributed by atoms with Gasteiger partial charge in [-0.25, -0.2) is 8.42 Å². The lowest BCUT2D eigenvalue weighted by Crippen LogP contribution is -2.34. The zero-order valence-electron chi connectivity index (χ0n) is 18.5. The van der Waals surface area contributed by atoms with E-state index in [-0.39, 0.29) is 15.9 Å². The fraction of sp³-hybridized carbons (Fsp3) is 0.364. The number of hydrogen-bond acceptors (Lipinski definition) is 5. The summed E-state index contributed by atoms with van der Waals surface area (Å²) in [7, 11) is -3.53. The van der Waals surface area contributed by atoms with Crippen molar-refractivity contribution in [1.29, 1.82) is 0 Å². The molecule has 2 rings (SSSR count). The van der Waals surface area contributed by atoms with Crippen LogP contribution in [0.3, 0.4) is 0 Å². The Labute approximate surface area is 203 Å². The van der Waals surface area contributed by atoms with Gasteiger partial charge in [0.2, 0.25) is 10.0 Å². The molecule has 0 aliphatic rings. The van der Waals surface area contributed by atoms with Gasteiger partial charge in [0.15, 0.2) is 5.11 Å². The van der Waals surface area contributed by atoms with E-state index < -0.39 is 10.0 Å². The number of carbonyl (C=O) groups is 1. The molecule has 0 bridgehead atoms. The van der Waals surface area contributed by atoms with E-state index in [1.54, 1.807) is 44.2 Å². The molecule has 7 nitrogen and oxygen atoms in total. The number of hydrogen-bond donors (Lipinski definition) is 2. The Morgan fingerprint density at radius 1 is 1.12 bits per heavy atom. The number of benzene rings is 2. The van der Waals surface area contributed by atoms with Crippen LogP contribution in [0.1, 0.15) is 38.1 Å². The van der Waals surface area contributed by atoms with Gasteiger partial charge in [0.25, 0.3) is 5.91 Å². The van der Waals surface area contributed by atoms with Crippen molar-refractivity contribution < 1.29 is 17.9 Å². The minimum absolute atomic E-state index is 0.102. The number of nitrogens with zero attached hydrogens (tertiary/aromatic N) is 1. The number of carbonyl (C=O) groups excluding carboxylic acids is 1. The van der Waals surface area contributed by atoms with Gasteiger partial charge < -0.3 is 10.1 Å². The van der Waals surface area contributed by atoms with Crippen molar-refractivity contribution in [3.05, 3.63) is 52.5 Å². The van der Waals surface area contributed by atoms with Crippen molar-refractivity contribution in [3.8, 4) is 5.75 Å². The molecule has 0 aromatic heterocycles. The minimum atomic E-state index is -3.53. The molecule has 1 amide bonds. The molecule has 0 saturated carbocycles. The number of nitrogens with one attached hydrogen (secondary N) is 2. The fourth-order valence-corrected chi connectivity index (χ4v) is 4.94. The van der Waals surface area contributed by atoms with E-state index in [0.29, 0.717) is 47.1 Å². The molecule has 10 heteroatoms. The Morgan fingerprint density at radius 3 is 2.28 bits per heavy atom. The Hall–Kier alpha value is -2.01. The van der Waals surface area contributed by atoms with Crippen LogP contribution in [0, 0.1) is 5.92 Å². The average Bonchev–Trinajstić information content (AvgIpc) is 2.73. The third kappa shape index (κ3) is 6.99. The Balaban J connectivity index is 2.00. The Kier molecular flexibility index (Phi) is 9.63. The van der Waals surface area contributed by atoms with Gasteiger partial charge in [-0.2, -0.15) is 4.31 Å². The Morgan fingerprint density at radius 2 is 1.75 bits per heavy atom. The molecule has 2 aromatic carbocycles. The summed E-state index contributed by atoms with van der Waals surface area (Å²) in [5, 5.41) is 5.61. The molecule has 0 spiro atoms. The lowest BCUT2D eigenvalue weighted by atomic mass is 10.2. The number of anilines is 1. The van der Waals surface area contributed by atoms with Crippen molar-refractivity contribution in [3.63, 3.8) is 0 Å². The van der Waals surface area contributed by atoms with Crippen LogP contribution in [0.15, 0.2) is 51.8 Å². The van der Waals surface area contributed by atoms with Gasteiger partial charge in [-0.3, -0.25) is 10.1 Å². The smallest absolute Gasteiger partial charge is 0.257 e. The number of thiocarbonyl (C=S) groups is 1. The molecule has 0 aliphatic heterocycles. The normalized spacial score (nSPS) is 11.5. The molecule has 0 fully saturated rings. The topological polar surface area (TPSA) is 87.7 Å². The molecule has 0 radical (unpaired) electrons. The largest absolute Gasteiger partial charge is 0.492 e. The van der Waals surface area contributed by atoms with Crippen LogP contribution in [0.2, 0.25) is 0 Å². The van der Waals surface area contributed by atoms with Gasteiger partial charge in [0, 0.05) is 24.3 Å². The summed E-state index contributed by atoms with van der Waals surface area (Å²) >= 11 is 8.64. The van der Waals surface area contributed by atoms with Crippen LogP contribution in [-0.4, -0.2) is 43.4 Å². The van der Waals surface area contributed by atoms with Crippen molar-refractivity contribution in [1.82, 2.24) is 9.62 Å². The van der Waals surface area contributed by atoms with Crippen LogP contribution >= 0.6 is 28.1 Å². The highest BCUT2D eigenvalue weighted by Gasteiger charge is 2.21. The zero-order chi connectivity index (χ0) is 23.9. The summed E-state index contributed by atoms with van der Waals surface area (Å²) in [4.78, 5) is 12.7. The summed E-state index contributed by atoms with van der Waals surface area (Å²) in [6.07, 6.45) is 0. The highest BCUT2D eigenvalue weighted by atomic mass is 79.9. The first-order valence-electron chi connectivity index (χ1n) is 10.2. The van der Waals surface area contributed by atoms with Crippen LogP contribution < -0.4 is 15.4 Å². The summed E-state index contributed by atoms with van der Waals surface area (Å²) in [6.45, 7) is 9.08. The monoisotopic (exact) mass is 541 g/mol. The standard InChI is InChI=1S/C22H28BrN3O4S2/c1-5-26(6-2)32(28,29)18-10-8-17(9-11-18)24-22(31)25-21(27)16-7-12-20(19(23)13-16)30-14-15(3)4/h7-13,15H,5-6,14H2,1-4H3,(H2,24,25,27,31). The second-order valence-corrected chi connectivity index (χ2v) is 10.6. The number of sulfonamides is 1. The van der Waals surface area contributed by atoms with E-state index >= 15 is 0 Å². The summed E-state index contributed by atoms with van der Waals surface area (Å²) in [5.41, 5.74) is 0.978. The van der Waals surface area contributed by atoms with Crippen molar-refractivity contribution in [2.45, 2.75) is 32.6 Å². The number of halogens is 1. The quantitative estimate of drug-likeness (QED) is 0.449. The highest BCUT2D eigenvalue weighted by Crippen LogP contribution is 2.26. The molecule has 0 aliphatic carbocycles. The molecule has 32 heavy (non-hydrogen) atoms. The second kappa shape index (κ2) is 11.7. The van der Waals surface area contributed by atoms with E-state index in [4.69, 9.17) is 17.0 Å². The van der Waals surface area contributed by atoms with E-state index in [9.17, 15) is 13.2 Å². The van der Waals surface area contributed by atoms with Gasteiger partial charge in [0.05, 0.1) is 16.0 Å². The third-order valence-electron chi connectivity index (χ3n) is 4.45. The van der Waals surface area contributed by atoms with Gasteiger partial charge in [-0.1, -0.05) is 27.7 Å². The maximum Gasteiger partial charge on any atom is 0.257 e. The van der Waals surface area contributed by atoms with Crippen molar-refractivity contribution >= 4 is 54.9 Å². The van der Waals surface area contributed by atoms with Crippen LogP contribution in [0.25, 0.3) is 0 Å². The van der Waals surface area contributed by atoms with Crippen molar-refractivity contribution in [2.24, 2.45) is 5.92 Å². The number of rotatable bonds is 9. The maximum absolute atomic E-state index is 12.6. The SMILES string of the molecule is CCN(CC)S(=O)(=O)c1ccc(NC(=S)NC(=O)c2ccc(OCC(C)C)c(Br)c2)cc1. The molecular formula is C22H28BrN3O4S2. The molecule has 2 N–H and O–H groups in total. The van der Waals surface area contributed by atoms with Crippen LogP contribution in [0.4, 0.5) is 5.69 Å². The molecular weight excluding hydrogens is 514 g/mol. The first-order chi connectivity index (χ1) is 15.1. The van der Waals surface area contributed by atoms with Gasteiger partial charge in [0.1, 0.15) is 5.75 Å². The third-order valence-corrected chi connectivity index (χ3v) is 7.34. The summed E-state index contributed by atoms with van der Waals surface area (Å²) in [6, 6.07) is 11.3. The maximum atomic E-state index is 12.6. The average molecular weight is 543 g/mol. The number of ether oxygens (including phenoxy) is 1. The van der Waals surface area contributed by atoms with Gasteiger partial charge in [-0.15, -0.1) is 0 Å². The predicted octanol–water partition coefficient (Wildman–Crippen LogP) is 4.64. The molecule has 2 aromatic rings. The van der Waals surface area contributed by atoms with E-state index in [2.05, 4.69) is 40.4 Å². The molecule has 0 atom stereocenters. The van der Waals surface area contributed by atoms with Gasteiger partial charge in [-0.05, 0) is 76.5 Å². The summed E-state index contributed by atoms with van der Waals surface area (Å²) in [5.74, 6) is 0.676. The van der Waals surface area contributed by atoms with Crippen LogP contribution in [0.5, 0.6) is 5.75 Å².